The molecule has 0 spiro atoms. The molecule has 3 rings (SSSR count). The normalized spacial score (nSPS) is 16.2. The van der Waals surface area contributed by atoms with Crippen LogP contribution in [-0.4, -0.2) is 50.6 Å². The van der Waals surface area contributed by atoms with Crippen molar-refractivity contribution in [2.75, 3.05) is 19.6 Å². The molecule has 1 saturated heterocycles. The van der Waals surface area contributed by atoms with E-state index < -0.39 is 0 Å². The molecular weight excluding hydrogens is 328 g/mol. The fraction of sp³-hybridized carbons (Fsp3) is 0.500. The van der Waals surface area contributed by atoms with Gasteiger partial charge in [-0.15, -0.1) is 5.10 Å². The molecule has 0 radical (unpaired) electrons. The Labute approximate surface area is 146 Å². The molecule has 8 heteroatoms. The standard InChI is InChI=1S/C16H21ClN6O/c17-15-4-2-1-3-14(15)10-22-7-5-13(6-8-22)9-18-16(24)11-23-12-19-20-21-23/h1-4,12-13H,5-11H2,(H,18,24). The quantitative estimate of drug-likeness (QED) is 0.853. The summed E-state index contributed by atoms with van der Waals surface area (Å²) in [6, 6.07) is 7.99. The molecule has 0 bridgehead atoms. The van der Waals surface area contributed by atoms with Crippen molar-refractivity contribution in [3.8, 4) is 0 Å². The largest absolute Gasteiger partial charge is 0.354 e. The molecule has 0 saturated carbocycles. The first-order valence-electron chi connectivity index (χ1n) is 8.14. The van der Waals surface area contributed by atoms with Crippen LogP contribution in [0, 0.1) is 5.92 Å². The van der Waals surface area contributed by atoms with Crippen molar-refractivity contribution in [2.45, 2.75) is 25.9 Å². The van der Waals surface area contributed by atoms with E-state index in [2.05, 4.69) is 31.8 Å². The number of amides is 1. The molecule has 1 amide bonds. The van der Waals surface area contributed by atoms with Gasteiger partial charge in [0.05, 0.1) is 0 Å². The van der Waals surface area contributed by atoms with E-state index in [1.54, 1.807) is 0 Å². The second-order valence-corrected chi connectivity index (χ2v) is 6.53. The number of carbonyl (C=O) groups excluding carboxylic acids is 1. The summed E-state index contributed by atoms with van der Waals surface area (Å²) in [7, 11) is 0. The third-order valence-corrected chi connectivity index (χ3v) is 4.71. The van der Waals surface area contributed by atoms with E-state index in [0.717, 1.165) is 37.5 Å². The molecule has 0 unspecified atom stereocenters. The van der Waals surface area contributed by atoms with Gasteiger partial charge in [0.25, 0.3) is 0 Å². The van der Waals surface area contributed by atoms with Gasteiger partial charge in [0, 0.05) is 18.1 Å². The van der Waals surface area contributed by atoms with E-state index in [-0.39, 0.29) is 12.5 Å². The average Bonchev–Trinajstić information content (AvgIpc) is 3.09. The average molecular weight is 349 g/mol. The second-order valence-electron chi connectivity index (χ2n) is 6.12. The minimum Gasteiger partial charge on any atom is -0.354 e. The summed E-state index contributed by atoms with van der Waals surface area (Å²) < 4.78 is 1.42. The number of nitrogens with zero attached hydrogens (tertiary/aromatic N) is 5. The van der Waals surface area contributed by atoms with Crippen molar-refractivity contribution in [1.29, 1.82) is 0 Å². The Kier molecular flexibility index (Phi) is 5.77. The summed E-state index contributed by atoms with van der Waals surface area (Å²) in [4.78, 5) is 14.3. The molecule has 0 aliphatic carbocycles. The first-order chi connectivity index (χ1) is 11.7. The van der Waals surface area contributed by atoms with Crippen LogP contribution in [0.3, 0.4) is 0 Å². The molecular formula is C16H21ClN6O. The molecule has 1 aromatic heterocycles. The van der Waals surface area contributed by atoms with Crippen LogP contribution in [-0.2, 0) is 17.9 Å². The highest BCUT2D eigenvalue weighted by Crippen LogP contribution is 2.21. The number of hydrogen-bond acceptors (Lipinski definition) is 5. The SMILES string of the molecule is O=C(Cn1cnnn1)NCC1CCN(Cc2ccccc2Cl)CC1. The van der Waals surface area contributed by atoms with Gasteiger partial charge >= 0.3 is 0 Å². The molecule has 128 valence electrons. The maximum atomic E-state index is 11.8. The summed E-state index contributed by atoms with van der Waals surface area (Å²) in [6.45, 7) is 3.81. The molecule has 1 aliphatic heterocycles. The van der Waals surface area contributed by atoms with Crippen LogP contribution in [0.1, 0.15) is 18.4 Å². The summed E-state index contributed by atoms with van der Waals surface area (Å²) in [5.74, 6) is 0.464. The molecule has 1 N–H and O–H groups in total. The number of rotatable bonds is 6. The van der Waals surface area contributed by atoms with Crippen molar-refractivity contribution >= 4 is 17.5 Å². The number of piperidine rings is 1. The van der Waals surface area contributed by atoms with Gasteiger partial charge in [0.1, 0.15) is 12.9 Å². The van der Waals surface area contributed by atoms with Crippen molar-refractivity contribution in [3.05, 3.63) is 41.2 Å². The zero-order valence-corrected chi connectivity index (χ0v) is 14.2. The van der Waals surface area contributed by atoms with E-state index in [4.69, 9.17) is 11.6 Å². The number of carbonyl (C=O) groups is 1. The van der Waals surface area contributed by atoms with Crippen LogP contribution in [0.5, 0.6) is 0 Å². The van der Waals surface area contributed by atoms with Gasteiger partial charge in [-0.1, -0.05) is 29.8 Å². The molecule has 1 aliphatic rings. The van der Waals surface area contributed by atoms with Crippen LogP contribution < -0.4 is 5.32 Å². The Bertz CT molecular complexity index is 654. The van der Waals surface area contributed by atoms with Gasteiger partial charge in [-0.2, -0.15) is 0 Å². The highest BCUT2D eigenvalue weighted by molar-refractivity contribution is 6.31. The summed E-state index contributed by atoms with van der Waals surface area (Å²) >= 11 is 6.22. The van der Waals surface area contributed by atoms with Gasteiger partial charge < -0.3 is 5.32 Å². The smallest absolute Gasteiger partial charge is 0.241 e. The fourth-order valence-corrected chi connectivity index (χ4v) is 3.13. The van der Waals surface area contributed by atoms with Crippen molar-refractivity contribution in [2.24, 2.45) is 5.92 Å². The van der Waals surface area contributed by atoms with Crippen molar-refractivity contribution in [1.82, 2.24) is 30.4 Å². The van der Waals surface area contributed by atoms with E-state index in [9.17, 15) is 4.79 Å². The molecule has 0 atom stereocenters. The Morgan fingerprint density at radius 3 is 2.79 bits per heavy atom. The maximum Gasteiger partial charge on any atom is 0.241 e. The van der Waals surface area contributed by atoms with Crippen molar-refractivity contribution < 1.29 is 4.79 Å². The Morgan fingerprint density at radius 2 is 2.08 bits per heavy atom. The second kappa shape index (κ2) is 8.21. The summed E-state index contributed by atoms with van der Waals surface area (Å²) in [5, 5.41) is 14.5. The molecule has 1 aromatic carbocycles. The Balaban J connectivity index is 1.37. The van der Waals surface area contributed by atoms with E-state index in [1.807, 2.05) is 18.2 Å². The van der Waals surface area contributed by atoms with E-state index >= 15 is 0 Å². The predicted octanol–water partition coefficient (Wildman–Crippen LogP) is 1.35. The number of hydrogen-bond donors (Lipinski definition) is 1. The number of halogens is 1. The van der Waals surface area contributed by atoms with Gasteiger partial charge in [-0.05, 0) is 53.9 Å². The lowest BCUT2D eigenvalue weighted by molar-refractivity contribution is -0.122. The predicted molar refractivity (Wildman–Crippen MR) is 90.3 cm³/mol. The maximum absolute atomic E-state index is 11.8. The summed E-state index contributed by atoms with van der Waals surface area (Å²) in [5.41, 5.74) is 1.17. The zero-order valence-electron chi connectivity index (χ0n) is 13.4. The van der Waals surface area contributed by atoms with E-state index in [0.29, 0.717) is 12.5 Å². The third-order valence-electron chi connectivity index (χ3n) is 4.34. The van der Waals surface area contributed by atoms with Crippen molar-refractivity contribution in [3.63, 3.8) is 0 Å². The number of nitrogens with one attached hydrogen (secondary N) is 1. The number of tetrazole rings is 1. The first-order valence-corrected chi connectivity index (χ1v) is 8.52. The number of benzene rings is 1. The number of likely N-dealkylation sites (tertiary alicyclic amines) is 1. The molecule has 2 heterocycles. The Morgan fingerprint density at radius 1 is 1.29 bits per heavy atom. The summed E-state index contributed by atoms with van der Waals surface area (Å²) in [6.07, 6.45) is 3.60. The molecule has 24 heavy (non-hydrogen) atoms. The first kappa shape index (κ1) is 16.9. The fourth-order valence-electron chi connectivity index (χ4n) is 2.93. The van der Waals surface area contributed by atoms with Gasteiger partial charge in [0.2, 0.25) is 5.91 Å². The highest BCUT2D eigenvalue weighted by atomic mass is 35.5. The molecule has 2 aromatic rings. The van der Waals surface area contributed by atoms with Crippen LogP contribution in [0.4, 0.5) is 0 Å². The van der Waals surface area contributed by atoms with E-state index in [1.165, 1.54) is 16.6 Å². The van der Waals surface area contributed by atoms with Crippen LogP contribution >= 0.6 is 11.6 Å². The topological polar surface area (TPSA) is 75.9 Å². The number of aromatic nitrogens is 4. The molecule has 7 nitrogen and oxygen atoms in total. The van der Waals surface area contributed by atoms with Gasteiger partial charge in [-0.25, -0.2) is 4.68 Å². The molecule has 1 fully saturated rings. The Hall–Kier alpha value is -1.99. The van der Waals surface area contributed by atoms with Crippen LogP contribution in [0.2, 0.25) is 5.02 Å². The third kappa shape index (κ3) is 4.75. The lowest BCUT2D eigenvalue weighted by Crippen LogP contribution is -2.39. The monoisotopic (exact) mass is 348 g/mol. The van der Waals surface area contributed by atoms with Gasteiger partial charge in [0.15, 0.2) is 0 Å². The minimum atomic E-state index is -0.0548. The van der Waals surface area contributed by atoms with Crippen LogP contribution in [0.15, 0.2) is 30.6 Å². The lowest BCUT2D eigenvalue weighted by Gasteiger charge is -2.32. The highest BCUT2D eigenvalue weighted by Gasteiger charge is 2.20. The lowest BCUT2D eigenvalue weighted by atomic mass is 9.96. The van der Waals surface area contributed by atoms with Crippen LogP contribution in [0.25, 0.3) is 0 Å². The zero-order chi connectivity index (χ0) is 16.8. The minimum absolute atomic E-state index is 0.0548. The van der Waals surface area contributed by atoms with Gasteiger partial charge in [-0.3, -0.25) is 9.69 Å².